The van der Waals surface area contributed by atoms with Crippen molar-refractivity contribution >= 4 is 27.9 Å². The summed E-state index contributed by atoms with van der Waals surface area (Å²) in [7, 11) is 0. The van der Waals surface area contributed by atoms with E-state index in [1.807, 2.05) is 32.0 Å². The number of hydrogen-bond donors (Lipinski definition) is 0. The van der Waals surface area contributed by atoms with Gasteiger partial charge in [-0.15, -0.1) is 0 Å². The molecule has 0 radical (unpaired) electrons. The molecule has 0 bridgehead atoms. The predicted octanol–water partition coefficient (Wildman–Crippen LogP) is 5.16. The van der Waals surface area contributed by atoms with Crippen LogP contribution in [0, 0.1) is 17.3 Å². The Kier molecular flexibility index (Phi) is 7.28. The molecule has 1 unspecified atom stereocenters. The van der Waals surface area contributed by atoms with E-state index in [9.17, 15) is 9.59 Å². The van der Waals surface area contributed by atoms with Gasteiger partial charge in [-0.2, -0.15) is 0 Å². The second kappa shape index (κ2) is 9.39. The van der Waals surface area contributed by atoms with Gasteiger partial charge < -0.3 is 14.2 Å². The number of halogens is 1. The van der Waals surface area contributed by atoms with E-state index in [0.29, 0.717) is 36.8 Å². The van der Waals surface area contributed by atoms with Crippen LogP contribution in [-0.2, 0) is 19.0 Å². The molecule has 2 aliphatic rings. The largest absolute Gasteiger partial charge is 0.459 e. The van der Waals surface area contributed by atoms with Gasteiger partial charge in [0.2, 0.25) is 0 Å². The van der Waals surface area contributed by atoms with Crippen molar-refractivity contribution in [3.8, 4) is 0 Å². The Morgan fingerprint density at radius 2 is 1.90 bits per heavy atom. The molecule has 0 aromatic heterocycles. The molecular formula is C24H33BrO5. The van der Waals surface area contributed by atoms with E-state index in [4.69, 9.17) is 14.2 Å². The maximum absolute atomic E-state index is 13.0. The molecule has 0 spiro atoms. The van der Waals surface area contributed by atoms with E-state index in [2.05, 4.69) is 29.8 Å². The molecule has 3 rings (SSSR count). The molecule has 1 aliphatic carbocycles. The summed E-state index contributed by atoms with van der Waals surface area (Å²) in [6.45, 7) is 8.81. The molecule has 166 valence electrons. The summed E-state index contributed by atoms with van der Waals surface area (Å²) < 4.78 is 17.9. The van der Waals surface area contributed by atoms with E-state index in [1.165, 1.54) is 0 Å². The lowest BCUT2D eigenvalue weighted by Gasteiger charge is -2.52. The van der Waals surface area contributed by atoms with Gasteiger partial charge in [-0.1, -0.05) is 48.0 Å². The molecule has 0 N–H and O–H groups in total. The molecule has 1 heterocycles. The quantitative estimate of drug-likeness (QED) is 0.415. The van der Waals surface area contributed by atoms with Gasteiger partial charge in [0, 0.05) is 23.3 Å². The highest BCUT2D eigenvalue weighted by Gasteiger charge is 2.56. The van der Waals surface area contributed by atoms with Crippen molar-refractivity contribution in [2.24, 2.45) is 17.3 Å². The summed E-state index contributed by atoms with van der Waals surface area (Å²) in [5.74, 6) is -0.656. The first-order chi connectivity index (χ1) is 14.2. The average molecular weight is 481 g/mol. The molecule has 1 saturated carbocycles. The van der Waals surface area contributed by atoms with Gasteiger partial charge >= 0.3 is 11.9 Å². The summed E-state index contributed by atoms with van der Waals surface area (Å²) in [5, 5.41) is 0.600. The van der Waals surface area contributed by atoms with Crippen molar-refractivity contribution < 1.29 is 23.8 Å². The van der Waals surface area contributed by atoms with E-state index < -0.39 is 5.60 Å². The van der Waals surface area contributed by atoms with E-state index in [0.717, 1.165) is 6.42 Å². The van der Waals surface area contributed by atoms with Crippen LogP contribution in [0.1, 0.15) is 63.7 Å². The lowest BCUT2D eigenvalue weighted by Crippen LogP contribution is -2.55. The van der Waals surface area contributed by atoms with E-state index in [-0.39, 0.29) is 41.4 Å². The van der Waals surface area contributed by atoms with Crippen molar-refractivity contribution in [2.45, 2.75) is 71.2 Å². The Hall–Kier alpha value is -1.40. The highest BCUT2D eigenvalue weighted by atomic mass is 79.9. The minimum atomic E-state index is -0.561. The smallest absolute Gasteiger partial charge is 0.338 e. The standard InChI is InChI=1S/C24H33BrO5/c1-5-28-18(15-25)17-11-12-19-23(2,3)20(13-14-24(19,4)30-22(17)27)29-21(26)16-9-7-6-8-10-16/h6-10,17-20H,5,11-15H2,1-4H3/t17-,18?,19-,20-,24-/m1/s1. The third-order valence-corrected chi connectivity index (χ3v) is 7.65. The molecule has 1 aliphatic heterocycles. The van der Waals surface area contributed by atoms with Crippen LogP contribution in [0.3, 0.4) is 0 Å². The minimum Gasteiger partial charge on any atom is -0.459 e. The third-order valence-electron chi connectivity index (χ3n) is 7.01. The van der Waals surface area contributed by atoms with Gasteiger partial charge in [-0.25, -0.2) is 4.79 Å². The van der Waals surface area contributed by atoms with Crippen LogP contribution in [0.25, 0.3) is 0 Å². The van der Waals surface area contributed by atoms with Crippen LogP contribution in [0.2, 0.25) is 0 Å². The molecule has 5 nitrogen and oxygen atoms in total. The minimum absolute atomic E-state index is 0.0962. The Balaban J connectivity index is 1.79. The summed E-state index contributed by atoms with van der Waals surface area (Å²) in [4.78, 5) is 25.7. The van der Waals surface area contributed by atoms with Crippen molar-refractivity contribution in [1.82, 2.24) is 0 Å². The Morgan fingerprint density at radius 1 is 1.20 bits per heavy atom. The van der Waals surface area contributed by atoms with Crippen molar-refractivity contribution in [1.29, 1.82) is 0 Å². The highest BCUT2D eigenvalue weighted by Crippen LogP contribution is 2.53. The lowest BCUT2D eigenvalue weighted by atomic mass is 9.59. The number of alkyl halides is 1. The SMILES string of the molecule is CCOC(CBr)[C@H]1CC[C@@H]2C(C)(C)[C@H](OC(=O)c3ccccc3)CC[C@@]2(C)OC1=O. The molecule has 0 amide bonds. The number of rotatable bonds is 6. The topological polar surface area (TPSA) is 61.8 Å². The maximum Gasteiger partial charge on any atom is 0.338 e. The first-order valence-electron chi connectivity index (χ1n) is 10.9. The molecule has 2 fully saturated rings. The summed E-state index contributed by atoms with van der Waals surface area (Å²) >= 11 is 3.49. The number of esters is 2. The van der Waals surface area contributed by atoms with Gasteiger partial charge in [-0.05, 0) is 51.7 Å². The van der Waals surface area contributed by atoms with Crippen LogP contribution in [-0.4, -0.2) is 41.7 Å². The van der Waals surface area contributed by atoms with E-state index in [1.54, 1.807) is 12.1 Å². The van der Waals surface area contributed by atoms with Crippen LogP contribution in [0.15, 0.2) is 30.3 Å². The van der Waals surface area contributed by atoms with Crippen LogP contribution < -0.4 is 0 Å². The van der Waals surface area contributed by atoms with Crippen molar-refractivity contribution in [2.75, 3.05) is 11.9 Å². The van der Waals surface area contributed by atoms with E-state index >= 15 is 0 Å². The molecule has 5 atom stereocenters. The number of hydrogen-bond acceptors (Lipinski definition) is 5. The van der Waals surface area contributed by atoms with Crippen LogP contribution in [0.4, 0.5) is 0 Å². The first kappa shape index (κ1) is 23.3. The molecule has 1 aromatic carbocycles. The summed E-state index contributed by atoms with van der Waals surface area (Å²) in [6.07, 6.45) is 2.47. The maximum atomic E-state index is 13.0. The van der Waals surface area contributed by atoms with Crippen LogP contribution >= 0.6 is 15.9 Å². The van der Waals surface area contributed by atoms with Crippen molar-refractivity contribution in [3.05, 3.63) is 35.9 Å². The fourth-order valence-corrected chi connectivity index (χ4v) is 5.98. The zero-order valence-corrected chi connectivity index (χ0v) is 19.9. The Morgan fingerprint density at radius 3 is 2.53 bits per heavy atom. The lowest BCUT2D eigenvalue weighted by molar-refractivity contribution is -0.190. The monoisotopic (exact) mass is 480 g/mol. The fraction of sp³-hybridized carbons (Fsp3) is 0.667. The third kappa shape index (κ3) is 4.59. The molecular weight excluding hydrogens is 448 g/mol. The summed E-state index contributed by atoms with van der Waals surface area (Å²) in [6, 6.07) is 9.10. The molecule has 1 aromatic rings. The second-order valence-electron chi connectivity index (χ2n) is 9.24. The van der Waals surface area contributed by atoms with Crippen LogP contribution in [0.5, 0.6) is 0 Å². The Labute approximate surface area is 188 Å². The second-order valence-corrected chi connectivity index (χ2v) is 9.89. The zero-order chi connectivity index (χ0) is 21.9. The number of benzene rings is 1. The van der Waals surface area contributed by atoms with Gasteiger partial charge in [0.1, 0.15) is 11.7 Å². The number of carbonyl (C=O) groups is 2. The average Bonchev–Trinajstić information content (AvgIpc) is 2.85. The number of ether oxygens (including phenoxy) is 3. The number of carbonyl (C=O) groups excluding carboxylic acids is 2. The van der Waals surface area contributed by atoms with Gasteiger partial charge in [0.25, 0.3) is 0 Å². The van der Waals surface area contributed by atoms with Gasteiger partial charge in [-0.3, -0.25) is 4.79 Å². The Bertz CT molecular complexity index is 749. The number of fused-ring (bicyclic) bond motifs is 1. The highest BCUT2D eigenvalue weighted by molar-refractivity contribution is 9.09. The predicted molar refractivity (Wildman–Crippen MR) is 119 cm³/mol. The van der Waals surface area contributed by atoms with Gasteiger partial charge in [0.15, 0.2) is 0 Å². The van der Waals surface area contributed by atoms with Crippen molar-refractivity contribution in [3.63, 3.8) is 0 Å². The molecule has 30 heavy (non-hydrogen) atoms. The van der Waals surface area contributed by atoms with Gasteiger partial charge in [0.05, 0.1) is 17.6 Å². The molecule has 6 heteroatoms. The summed E-state index contributed by atoms with van der Waals surface area (Å²) in [5.41, 5.74) is -0.318. The molecule has 1 saturated heterocycles. The zero-order valence-electron chi connectivity index (χ0n) is 18.4. The first-order valence-corrected chi connectivity index (χ1v) is 12.0. The normalized spacial score (nSPS) is 31.8. The fourth-order valence-electron chi connectivity index (χ4n) is 5.35.